The fourth-order valence-corrected chi connectivity index (χ4v) is 1.63. The Balaban J connectivity index is 2.62. The zero-order valence-electron chi connectivity index (χ0n) is 8.86. The monoisotopic (exact) mass is 220 g/mol. The molecule has 1 fully saturated rings. The minimum Gasteiger partial charge on any atom is -0.504 e. The van der Waals surface area contributed by atoms with E-state index in [-0.39, 0.29) is 11.7 Å². The Morgan fingerprint density at radius 1 is 1.25 bits per heavy atom. The van der Waals surface area contributed by atoms with Gasteiger partial charge in [0.15, 0.2) is 17.3 Å². The second-order valence-electron chi connectivity index (χ2n) is 4.12. The molecular weight excluding hydrogens is 208 g/mol. The van der Waals surface area contributed by atoms with Gasteiger partial charge in [0.05, 0.1) is 0 Å². The largest absolute Gasteiger partial charge is 0.504 e. The number of aromatic hydroxyl groups is 2. The smallest absolute Gasteiger partial charge is 0.261 e. The van der Waals surface area contributed by atoms with Crippen LogP contribution in [0.3, 0.4) is 0 Å². The maximum Gasteiger partial charge on any atom is 0.261 e. The Hall–Kier alpha value is -1.84. The van der Waals surface area contributed by atoms with Gasteiger partial charge in [-0.3, -0.25) is 9.59 Å². The molecule has 1 aliphatic rings. The summed E-state index contributed by atoms with van der Waals surface area (Å²) >= 11 is 0. The number of aryl methyl sites for hydroxylation is 1. The first kappa shape index (κ1) is 10.7. The van der Waals surface area contributed by atoms with E-state index < -0.39 is 16.9 Å². The summed E-state index contributed by atoms with van der Waals surface area (Å²) < 4.78 is 0. The van der Waals surface area contributed by atoms with E-state index >= 15 is 0 Å². The molecule has 1 aromatic rings. The Morgan fingerprint density at radius 3 is 2.38 bits per heavy atom. The maximum absolute atomic E-state index is 11.8. The molecule has 0 radical (unpaired) electrons. The second kappa shape index (κ2) is 3.63. The van der Waals surface area contributed by atoms with Crippen molar-refractivity contribution >= 4 is 5.78 Å². The zero-order valence-corrected chi connectivity index (χ0v) is 8.86. The van der Waals surface area contributed by atoms with E-state index in [0.717, 1.165) is 18.9 Å². The number of carbonyl (C=O) groups excluding carboxylic acids is 1. The average molecular weight is 220 g/mol. The molecule has 2 rings (SSSR count). The number of Topliss-reactive ketones (excluding diaryl/α,β-unsaturated/α-hetero) is 1. The fourth-order valence-electron chi connectivity index (χ4n) is 1.63. The van der Waals surface area contributed by atoms with Crippen LogP contribution in [0, 0.1) is 12.8 Å². The van der Waals surface area contributed by atoms with Gasteiger partial charge < -0.3 is 10.2 Å². The van der Waals surface area contributed by atoms with E-state index in [4.69, 9.17) is 0 Å². The Morgan fingerprint density at radius 2 is 1.81 bits per heavy atom. The molecule has 0 amide bonds. The maximum atomic E-state index is 11.8. The molecule has 0 spiro atoms. The first-order chi connectivity index (χ1) is 7.50. The van der Waals surface area contributed by atoms with E-state index in [1.807, 2.05) is 0 Å². The highest BCUT2D eigenvalue weighted by Crippen LogP contribution is 2.33. The van der Waals surface area contributed by atoms with E-state index in [1.165, 1.54) is 6.07 Å². The van der Waals surface area contributed by atoms with Gasteiger partial charge >= 0.3 is 0 Å². The molecule has 0 atom stereocenters. The average Bonchev–Trinajstić information content (AvgIpc) is 3.05. The molecule has 84 valence electrons. The number of carbonyl (C=O) groups is 1. The van der Waals surface area contributed by atoms with Crippen LogP contribution in [-0.4, -0.2) is 16.0 Å². The SMILES string of the molecule is Cc1cc(O)c(=O)c(O)cc1C(=O)C1CC1. The lowest BCUT2D eigenvalue weighted by Crippen LogP contribution is -2.02. The molecule has 4 nitrogen and oxygen atoms in total. The Bertz CT molecular complexity index is 515. The minimum atomic E-state index is -0.849. The van der Waals surface area contributed by atoms with Crippen molar-refractivity contribution in [3.8, 4) is 11.5 Å². The lowest BCUT2D eigenvalue weighted by molar-refractivity contribution is 0.0967. The van der Waals surface area contributed by atoms with Crippen molar-refractivity contribution in [2.45, 2.75) is 19.8 Å². The molecule has 1 aliphatic carbocycles. The lowest BCUT2D eigenvalue weighted by atomic mass is 10.0. The van der Waals surface area contributed by atoms with Crippen LogP contribution in [0.1, 0.15) is 28.8 Å². The van der Waals surface area contributed by atoms with Crippen molar-refractivity contribution in [3.05, 3.63) is 33.5 Å². The Labute approximate surface area is 92.2 Å². The summed E-state index contributed by atoms with van der Waals surface area (Å²) in [5.41, 5.74) is -0.0258. The molecule has 0 heterocycles. The van der Waals surface area contributed by atoms with Gasteiger partial charge in [0, 0.05) is 11.5 Å². The first-order valence-corrected chi connectivity index (χ1v) is 5.12. The number of ketones is 1. The quantitative estimate of drug-likeness (QED) is 0.738. The van der Waals surface area contributed by atoms with Crippen molar-refractivity contribution in [2.24, 2.45) is 5.92 Å². The van der Waals surface area contributed by atoms with Gasteiger partial charge in [-0.1, -0.05) is 0 Å². The highest BCUT2D eigenvalue weighted by atomic mass is 16.3. The van der Waals surface area contributed by atoms with Gasteiger partial charge in [0.25, 0.3) is 5.43 Å². The van der Waals surface area contributed by atoms with Gasteiger partial charge in [-0.25, -0.2) is 0 Å². The minimum absolute atomic E-state index is 0.0118. The van der Waals surface area contributed by atoms with Crippen molar-refractivity contribution in [1.82, 2.24) is 0 Å². The molecule has 0 saturated heterocycles. The topological polar surface area (TPSA) is 74.6 Å². The van der Waals surface area contributed by atoms with Crippen LogP contribution in [0.4, 0.5) is 0 Å². The summed E-state index contributed by atoms with van der Waals surface area (Å²) in [6.45, 7) is 1.63. The molecule has 1 aromatic carbocycles. The van der Waals surface area contributed by atoms with Crippen LogP contribution in [0.15, 0.2) is 16.9 Å². The third-order valence-electron chi connectivity index (χ3n) is 2.74. The molecular formula is C12H12O4. The summed E-state index contributed by atoms with van der Waals surface area (Å²) in [4.78, 5) is 23.1. The summed E-state index contributed by atoms with van der Waals surface area (Å²) in [5.74, 6) is -1.18. The van der Waals surface area contributed by atoms with Crippen LogP contribution in [0.5, 0.6) is 11.5 Å². The van der Waals surface area contributed by atoms with Crippen molar-refractivity contribution in [1.29, 1.82) is 0 Å². The van der Waals surface area contributed by atoms with E-state index in [0.29, 0.717) is 11.1 Å². The third kappa shape index (κ3) is 1.78. The number of rotatable bonds is 2. The molecule has 0 bridgehead atoms. The molecule has 0 aromatic heterocycles. The number of hydrogen-bond acceptors (Lipinski definition) is 4. The summed E-state index contributed by atoms with van der Waals surface area (Å²) in [7, 11) is 0. The third-order valence-corrected chi connectivity index (χ3v) is 2.74. The molecule has 0 aliphatic heterocycles. The summed E-state index contributed by atoms with van der Waals surface area (Å²) in [6.07, 6.45) is 1.71. The zero-order chi connectivity index (χ0) is 11.9. The van der Waals surface area contributed by atoms with Crippen molar-refractivity contribution < 1.29 is 15.0 Å². The van der Waals surface area contributed by atoms with Crippen LogP contribution in [0.2, 0.25) is 0 Å². The molecule has 2 N–H and O–H groups in total. The summed E-state index contributed by atoms with van der Waals surface area (Å²) in [5, 5.41) is 18.7. The van der Waals surface area contributed by atoms with Gasteiger partial charge in [-0.15, -0.1) is 0 Å². The molecule has 4 heteroatoms. The summed E-state index contributed by atoms with van der Waals surface area (Å²) in [6, 6.07) is 2.37. The standard InChI is InChI=1S/C12H12O4/c1-6-4-9(13)12(16)10(14)5-8(6)11(15)7-2-3-7/h4-5,7H,2-3H2,1H3,(H2,13,14,16). The normalized spacial score (nSPS) is 14.8. The highest BCUT2D eigenvalue weighted by Gasteiger charge is 2.31. The van der Waals surface area contributed by atoms with E-state index in [9.17, 15) is 19.8 Å². The van der Waals surface area contributed by atoms with Crippen LogP contribution >= 0.6 is 0 Å². The molecule has 1 saturated carbocycles. The second-order valence-corrected chi connectivity index (χ2v) is 4.12. The lowest BCUT2D eigenvalue weighted by Gasteiger charge is -1.99. The van der Waals surface area contributed by atoms with Crippen molar-refractivity contribution in [3.63, 3.8) is 0 Å². The van der Waals surface area contributed by atoms with Crippen LogP contribution in [0.25, 0.3) is 0 Å². The van der Waals surface area contributed by atoms with Crippen molar-refractivity contribution in [2.75, 3.05) is 0 Å². The van der Waals surface area contributed by atoms with Gasteiger partial charge in [-0.2, -0.15) is 0 Å². The predicted octanol–water partition coefficient (Wildman–Crippen LogP) is 1.36. The van der Waals surface area contributed by atoms with Gasteiger partial charge in [0.1, 0.15) is 0 Å². The van der Waals surface area contributed by atoms with E-state index in [2.05, 4.69) is 0 Å². The first-order valence-electron chi connectivity index (χ1n) is 5.12. The van der Waals surface area contributed by atoms with Crippen LogP contribution < -0.4 is 5.43 Å². The molecule has 0 unspecified atom stereocenters. The Kier molecular flexibility index (Phi) is 2.42. The van der Waals surface area contributed by atoms with Gasteiger partial charge in [0.2, 0.25) is 0 Å². The fraction of sp³-hybridized carbons (Fsp3) is 0.333. The highest BCUT2D eigenvalue weighted by molar-refractivity contribution is 6.00. The van der Waals surface area contributed by atoms with E-state index in [1.54, 1.807) is 6.92 Å². The molecule has 16 heavy (non-hydrogen) atoms. The van der Waals surface area contributed by atoms with Gasteiger partial charge in [-0.05, 0) is 37.5 Å². The van der Waals surface area contributed by atoms with Crippen LogP contribution in [-0.2, 0) is 0 Å². The predicted molar refractivity (Wildman–Crippen MR) is 57.8 cm³/mol. The number of hydrogen-bond donors (Lipinski definition) is 2.